The summed E-state index contributed by atoms with van der Waals surface area (Å²) < 4.78 is 10.2. The number of hydrogen-bond donors (Lipinski definition) is 2. The summed E-state index contributed by atoms with van der Waals surface area (Å²) in [5.74, 6) is -1.06. The molecule has 2 aromatic rings. The molecule has 0 spiro atoms. The van der Waals surface area contributed by atoms with Gasteiger partial charge in [0.15, 0.2) is 5.11 Å². The van der Waals surface area contributed by atoms with Gasteiger partial charge in [-0.3, -0.25) is 0 Å². The van der Waals surface area contributed by atoms with Crippen LogP contribution in [0.3, 0.4) is 0 Å². The maximum Gasteiger partial charge on any atom is 0.348 e. The number of esters is 2. The molecule has 0 amide bonds. The van der Waals surface area contributed by atoms with Crippen LogP contribution < -0.4 is 10.6 Å². The Morgan fingerprint density at radius 2 is 1.71 bits per heavy atom. The van der Waals surface area contributed by atoms with E-state index in [-0.39, 0.29) is 23.9 Å². The topological polar surface area (TPSA) is 76.7 Å². The number of hydrogen-bond acceptors (Lipinski definition) is 6. The minimum Gasteiger partial charge on any atom is -0.462 e. The molecule has 0 atom stereocenters. The van der Waals surface area contributed by atoms with E-state index in [1.165, 1.54) is 0 Å². The fraction of sp³-hybridized carbons (Fsp3) is 0.278. The lowest BCUT2D eigenvalue weighted by Gasteiger charge is -2.11. The third kappa shape index (κ3) is 5.35. The lowest BCUT2D eigenvalue weighted by Crippen LogP contribution is -2.20. The summed E-state index contributed by atoms with van der Waals surface area (Å²) in [5, 5.41) is 7.29. The maximum atomic E-state index is 12.4. The summed E-state index contributed by atoms with van der Waals surface area (Å²) in [7, 11) is 0. The number of thiocarbonyl (C=S) groups is 1. The Bertz CT molecular complexity index is 915. The highest BCUT2D eigenvalue weighted by Crippen LogP contribution is 2.34. The monoisotopic (exact) mass is 460 g/mol. The molecule has 0 aliphatic rings. The Hall–Kier alpha value is -1.87. The first-order valence-electron chi connectivity index (χ1n) is 8.29. The van der Waals surface area contributed by atoms with Crippen molar-refractivity contribution in [2.75, 3.05) is 23.8 Å². The summed E-state index contributed by atoms with van der Waals surface area (Å²) in [6, 6.07) is 4.96. The van der Waals surface area contributed by atoms with E-state index < -0.39 is 11.9 Å². The Morgan fingerprint density at radius 1 is 1.07 bits per heavy atom. The highest BCUT2D eigenvalue weighted by atomic mass is 35.5. The first-order valence-corrected chi connectivity index (χ1v) is 10.3. The molecule has 6 nitrogen and oxygen atoms in total. The van der Waals surface area contributed by atoms with E-state index in [9.17, 15) is 9.59 Å². The van der Waals surface area contributed by atoms with Gasteiger partial charge in [0.2, 0.25) is 0 Å². The Kier molecular flexibility index (Phi) is 8.06. The average Bonchev–Trinajstić information content (AvgIpc) is 2.94. The summed E-state index contributed by atoms with van der Waals surface area (Å²) in [4.78, 5) is 24.9. The number of halogens is 2. The predicted octanol–water partition coefficient (Wildman–Crippen LogP) is 5.53. The van der Waals surface area contributed by atoms with Gasteiger partial charge in [0.1, 0.15) is 9.88 Å². The van der Waals surface area contributed by atoms with Crippen molar-refractivity contribution in [2.45, 2.75) is 20.8 Å². The molecule has 0 saturated heterocycles. The van der Waals surface area contributed by atoms with E-state index in [0.29, 0.717) is 31.2 Å². The second kappa shape index (κ2) is 10.1. The van der Waals surface area contributed by atoms with Crippen LogP contribution >= 0.6 is 46.8 Å². The van der Waals surface area contributed by atoms with Crippen LogP contribution in [0.15, 0.2) is 18.2 Å². The standard InChI is InChI=1S/C18H18Cl2N2O4S2/c1-4-25-16(23)13-9(3)14(17(24)26-5-2)28-15(13)22-18(27)21-10-6-7-11(19)12(20)8-10/h6-8H,4-5H2,1-3H3,(H2,21,22,27). The average molecular weight is 461 g/mol. The van der Waals surface area contributed by atoms with Gasteiger partial charge in [-0.2, -0.15) is 0 Å². The molecule has 0 saturated carbocycles. The quantitative estimate of drug-likeness (QED) is 0.433. The summed E-state index contributed by atoms with van der Waals surface area (Å²) in [6.07, 6.45) is 0. The highest BCUT2D eigenvalue weighted by molar-refractivity contribution is 7.80. The van der Waals surface area contributed by atoms with E-state index in [2.05, 4.69) is 10.6 Å². The SMILES string of the molecule is CCOC(=O)c1sc(NC(=S)Nc2ccc(Cl)c(Cl)c2)c(C(=O)OCC)c1C. The second-order valence-electron chi connectivity index (χ2n) is 5.41. The first-order chi connectivity index (χ1) is 13.3. The van der Waals surface area contributed by atoms with Crippen LogP contribution in [0.5, 0.6) is 0 Å². The molecule has 1 aromatic heterocycles. The zero-order valence-electron chi connectivity index (χ0n) is 15.4. The van der Waals surface area contributed by atoms with Crippen molar-refractivity contribution in [3.05, 3.63) is 44.2 Å². The molecule has 0 bridgehead atoms. The number of carbonyl (C=O) groups excluding carboxylic acids is 2. The van der Waals surface area contributed by atoms with Crippen molar-refractivity contribution < 1.29 is 19.1 Å². The van der Waals surface area contributed by atoms with Crippen LogP contribution in [-0.2, 0) is 9.47 Å². The normalized spacial score (nSPS) is 10.3. The lowest BCUT2D eigenvalue weighted by molar-refractivity contribution is 0.0527. The summed E-state index contributed by atoms with van der Waals surface area (Å²) in [6.45, 7) is 5.51. The minimum absolute atomic E-state index is 0.203. The first kappa shape index (κ1) is 22.4. The second-order valence-corrected chi connectivity index (χ2v) is 7.65. The fourth-order valence-electron chi connectivity index (χ4n) is 2.28. The lowest BCUT2D eigenvalue weighted by atomic mass is 10.1. The summed E-state index contributed by atoms with van der Waals surface area (Å²) >= 11 is 18.3. The molecular formula is C18H18Cl2N2O4S2. The van der Waals surface area contributed by atoms with Gasteiger partial charge in [0, 0.05) is 5.69 Å². The van der Waals surface area contributed by atoms with Gasteiger partial charge in [-0.1, -0.05) is 23.2 Å². The van der Waals surface area contributed by atoms with Crippen molar-refractivity contribution in [3.63, 3.8) is 0 Å². The summed E-state index contributed by atoms with van der Waals surface area (Å²) in [5.41, 5.74) is 1.33. The number of anilines is 2. The zero-order valence-corrected chi connectivity index (χ0v) is 18.5. The molecule has 0 unspecified atom stereocenters. The van der Waals surface area contributed by atoms with Crippen LogP contribution in [0.4, 0.5) is 10.7 Å². The number of ether oxygens (including phenoxy) is 2. The van der Waals surface area contributed by atoms with Gasteiger partial charge in [0.25, 0.3) is 0 Å². The molecule has 1 aromatic carbocycles. The van der Waals surface area contributed by atoms with E-state index >= 15 is 0 Å². The van der Waals surface area contributed by atoms with Crippen molar-refractivity contribution in [2.24, 2.45) is 0 Å². The maximum absolute atomic E-state index is 12.4. The molecule has 150 valence electrons. The van der Waals surface area contributed by atoms with Gasteiger partial charge in [-0.15, -0.1) is 11.3 Å². The molecule has 0 aliphatic carbocycles. The number of thiophene rings is 1. The molecule has 1 heterocycles. The van der Waals surface area contributed by atoms with Crippen molar-refractivity contribution in [1.82, 2.24) is 0 Å². The number of rotatable bonds is 6. The van der Waals surface area contributed by atoms with Crippen LogP contribution in [-0.4, -0.2) is 30.3 Å². The minimum atomic E-state index is -0.549. The molecule has 10 heteroatoms. The van der Waals surface area contributed by atoms with Crippen LogP contribution in [0.2, 0.25) is 10.0 Å². The fourth-order valence-corrected chi connectivity index (χ4v) is 3.96. The van der Waals surface area contributed by atoms with E-state index in [1.54, 1.807) is 39.0 Å². The van der Waals surface area contributed by atoms with Gasteiger partial charge >= 0.3 is 11.9 Å². The molecular weight excluding hydrogens is 443 g/mol. The van der Waals surface area contributed by atoms with Crippen molar-refractivity contribution in [1.29, 1.82) is 0 Å². The number of benzene rings is 1. The largest absolute Gasteiger partial charge is 0.462 e. The third-order valence-electron chi connectivity index (χ3n) is 3.49. The molecule has 0 radical (unpaired) electrons. The Labute approximate surface area is 182 Å². The Balaban J connectivity index is 2.30. The van der Waals surface area contributed by atoms with Crippen LogP contribution in [0.1, 0.15) is 39.4 Å². The number of carbonyl (C=O) groups is 2. The molecule has 28 heavy (non-hydrogen) atoms. The predicted molar refractivity (Wildman–Crippen MR) is 117 cm³/mol. The van der Waals surface area contributed by atoms with Gasteiger partial charge in [0.05, 0.1) is 28.8 Å². The highest BCUT2D eigenvalue weighted by Gasteiger charge is 2.26. The Morgan fingerprint density at radius 3 is 2.32 bits per heavy atom. The van der Waals surface area contributed by atoms with E-state index in [1.807, 2.05) is 0 Å². The van der Waals surface area contributed by atoms with Gasteiger partial charge in [-0.05, 0) is 56.8 Å². The third-order valence-corrected chi connectivity index (χ3v) is 5.62. The van der Waals surface area contributed by atoms with Gasteiger partial charge < -0.3 is 20.1 Å². The zero-order chi connectivity index (χ0) is 20.8. The van der Waals surface area contributed by atoms with Crippen LogP contribution in [0, 0.1) is 6.92 Å². The van der Waals surface area contributed by atoms with E-state index in [0.717, 1.165) is 11.3 Å². The van der Waals surface area contributed by atoms with Crippen LogP contribution in [0.25, 0.3) is 0 Å². The molecule has 2 rings (SSSR count). The van der Waals surface area contributed by atoms with E-state index in [4.69, 9.17) is 44.9 Å². The van der Waals surface area contributed by atoms with Crippen molar-refractivity contribution in [3.8, 4) is 0 Å². The smallest absolute Gasteiger partial charge is 0.348 e. The molecule has 2 N–H and O–H groups in total. The van der Waals surface area contributed by atoms with Crippen molar-refractivity contribution >= 4 is 74.5 Å². The molecule has 0 aliphatic heterocycles. The molecule has 0 fully saturated rings. The van der Waals surface area contributed by atoms with Gasteiger partial charge in [-0.25, -0.2) is 9.59 Å². The number of nitrogens with one attached hydrogen (secondary N) is 2.